The van der Waals surface area contributed by atoms with Crippen molar-refractivity contribution >= 4 is 5.97 Å². The van der Waals surface area contributed by atoms with Gasteiger partial charge in [-0.3, -0.25) is 4.90 Å². The summed E-state index contributed by atoms with van der Waals surface area (Å²) in [6.07, 6.45) is 0.670. The van der Waals surface area contributed by atoms with Crippen molar-refractivity contribution < 1.29 is 14.3 Å². The van der Waals surface area contributed by atoms with E-state index in [0.29, 0.717) is 23.8 Å². The number of piperazine rings is 1. The second-order valence-electron chi connectivity index (χ2n) is 6.20. The Bertz CT molecular complexity index is 628. The van der Waals surface area contributed by atoms with Crippen molar-refractivity contribution in [2.45, 2.75) is 18.6 Å². The Morgan fingerprint density at radius 2 is 2.27 bits per heavy atom. The number of fused-ring (bicyclic) bond motifs is 2. The molecule has 3 aliphatic rings. The lowest BCUT2D eigenvalue weighted by Gasteiger charge is -2.42. The number of nitrogens with one attached hydrogen (secondary N) is 1. The lowest BCUT2D eigenvalue weighted by Crippen LogP contribution is -2.57. The van der Waals surface area contributed by atoms with Crippen LogP contribution in [0.1, 0.15) is 27.6 Å². The molecule has 3 aliphatic heterocycles. The molecular weight excluding hydrogens is 280 g/mol. The number of ether oxygens (including phenoxy) is 2. The molecule has 0 amide bonds. The number of benzene rings is 1. The molecule has 0 aliphatic carbocycles. The molecule has 4 rings (SSSR count). The van der Waals surface area contributed by atoms with E-state index in [1.165, 1.54) is 0 Å². The van der Waals surface area contributed by atoms with Crippen molar-refractivity contribution in [2.24, 2.45) is 0 Å². The SMILES string of the molecule is C=C1Cc2cc(C3CN4CCNC[C@@H]4CO3)ccc2C(=O)O1. The summed E-state index contributed by atoms with van der Waals surface area (Å²) in [6, 6.07) is 6.40. The van der Waals surface area contributed by atoms with Crippen molar-refractivity contribution in [2.75, 3.05) is 32.8 Å². The smallest absolute Gasteiger partial charge is 0.343 e. The van der Waals surface area contributed by atoms with Gasteiger partial charge in [0, 0.05) is 38.6 Å². The van der Waals surface area contributed by atoms with E-state index in [1.54, 1.807) is 0 Å². The molecule has 0 saturated carbocycles. The van der Waals surface area contributed by atoms with E-state index in [9.17, 15) is 4.79 Å². The first-order valence-electron chi connectivity index (χ1n) is 7.80. The van der Waals surface area contributed by atoms with E-state index in [2.05, 4.69) is 22.9 Å². The van der Waals surface area contributed by atoms with Crippen LogP contribution in [0, 0.1) is 0 Å². The standard InChI is InChI=1S/C17H20N2O3/c1-11-6-13-7-12(2-3-15(13)17(20)22-11)16-9-19-5-4-18-8-14(19)10-21-16/h2-3,7,14,16,18H,1,4-6,8-10H2/t14-,16?/m1/s1. The highest BCUT2D eigenvalue weighted by atomic mass is 16.5. The van der Waals surface area contributed by atoms with Gasteiger partial charge in [0.2, 0.25) is 0 Å². The Morgan fingerprint density at radius 1 is 1.36 bits per heavy atom. The molecule has 5 heteroatoms. The number of cyclic esters (lactones) is 1. The number of hydrogen-bond donors (Lipinski definition) is 1. The van der Waals surface area contributed by atoms with Crippen molar-refractivity contribution in [1.29, 1.82) is 0 Å². The molecule has 0 spiro atoms. The molecule has 1 unspecified atom stereocenters. The second kappa shape index (κ2) is 5.50. The van der Waals surface area contributed by atoms with E-state index in [1.807, 2.05) is 12.1 Å². The zero-order chi connectivity index (χ0) is 15.1. The molecule has 116 valence electrons. The number of allylic oxidation sites excluding steroid dienone is 1. The summed E-state index contributed by atoms with van der Waals surface area (Å²) in [5.74, 6) is 0.214. The number of carbonyl (C=O) groups is 1. The number of rotatable bonds is 1. The van der Waals surface area contributed by atoms with Gasteiger partial charge in [0.1, 0.15) is 5.76 Å². The molecule has 0 aromatic heterocycles. The number of morpholine rings is 1. The maximum Gasteiger partial charge on any atom is 0.343 e. The molecule has 3 heterocycles. The molecule has 1 N–H and O–H groups in total. The minimum absolute atomic E-state index is 0.0749. The molecular formula is C17H20N2O3. The van der Waals surface area contributed by atoms with Gasteiger partial charge in [0.25, 0.3) is 0 Å². The van der Waals surface area contributed by atoms with Gasteiger partial charge in [-0.1, -0.05) is 18.7 Å². The molecule has 0 bridgehead atoms. The predicted molar refractivity (Wildman–Crippen MR) is 81.6 cm³/mol. The van der Waals surface area contributed by atoms with E-state index >= 15 is 0 Å². The van der Waals surface area contributed by atoms with Gasteiger partial charge < -0.3 is 14.8 Å². The largest absolute Gasteiger partial charge is 0.428 e. The highest BCUT2D eigenvalue weighted by molar-refractivity contribution is 5.93. The Balaban J connectivity index is 1.57. The van der Waals surface area contributed by atoms with Gasteiger partial charge in [-0.25, -0.2) is 4.79 Å². The minimum atomic E-state index is -0.301. The zero-order valence-corrected chi connectivity index (χ0v) is 12.5. The average molecular weight is 300 g/mol. The lowest BCUT2D eigenvalue weighted by atomic mass is 9.95. The Hall–Kier alpha value is -1.69. The van der Waals surface area contributed by atoms with Crippen LogP contribution < -0.4 is 5.32 Å². The highest BCUT2D eigenvalue weighted by Gasteiger charge is 2.32. The Kier molecular flexibility index (Phi) is 3.48. The predicted octanol–water partition coefficient (Wildman–Crippen LogP) is 1.26. The van der Waals surface area contributed by atoms with Crippen LogP contribution in [0.2, 0.25) is 0 Å². The summed E-state index contributed by atoms with van der Waals surface area (Å²) in [6.45, 7) is 8.55. The summed E-state index contributed by atoms with van der Waals surface area (Å²) in [4.78, 5) is 14.3. The van der Waals surface area contributed by atoms with Crippen molar-refractivity contribution in [1.82, 2.24) is 10.2 Å². The molecule has 5 nitrogen and oxygen atoms in total. The summed E-state index contributed by atoms with van der Waals surface area (Å²) in [7, 11) is 0. The molecule has 2 atom stereocenters. The molecule has 1 aromatic carbocycles. The van der Waals surface area contributed by atoms with Crippen molar-refractivity contribution in [3.05, 3.63) is 47.2 Å². The van der Waals surface area contributed by atoms with Gasteiger partial charge in [0.05, 0.1) is 18.3 Å². The normalized spacial score (nSPS) is 28.7. The molecule has 1 aromatic rings. The van der Waals surface area contributed by atoms with Gasteiger partial charge in [-0.2, -0.15) is 0 Å². The summed E-state index contributed by atoms with van der Waals surface area (Å²) in [5.41, 5.74) is 2.77. The lowest BCUT2D eigenvalue weighted by molar-refractivity contribution is -0.0718. The van der Waals surface area contributed by atoms with Crippen molar-refractivity contribution in [3.8, 4) is 0 Å². The molecule has 22 heavy (non-hydrogen) atoms. The van der Waals surface area contributed by atoms with E-state index in [0.717, 1.165) is 43.9 Å². The van der Waals surface area contributed by atoms with Crippen LogP contribution >= 0.6 is 0 Å². The number of carbonyl (C=O) groups excluding carboxylic acids is 1. The summed E-state index contributed by atoms with van der Waals surface area (Å²) >= 11 is 0. The monoisotopic (exact) mass is 300 g/mol. The van der Waals surface area contributed by atoms with E-state index < -0.39 is 0 Å². The number of esters is 1. The third kappa shape index (κ3) is 2.45. The number of nitrogens with zero attached hydrogens (tertiary/aromatic N) is 1. The highest BCUT2D eigenvalue weighted by Crippen LogP contribution is 2.30. The Morgan fingerprint density at radius 3 is 3.18 bits per heavy atom. The van der Waals surface area contributed by atoms with Crippen molar-refractivity contribution in [3.63, 3.8) is 0 Å². The van der Waals surface area contributed by atoms with Gasteiger partial charge >= 0.3 is 5.97 Å². The van der Waals surface area contributed by atoms with Crippen LogP contribution in [0.4, 0.5) is 0 Å². The van der Waals surface area contributed by atoms with Gasteiger partial charge in [0.15, 0.2) is 0 Å². The first-order valence-corrected chi connectivity index (χ1v) is 7.80. The van der Waals surface area contributed by atoms with E-state index in [4.69, 9.17) is 9.47 Å². The quantitative estimate of drug-likeness (QED) is 0.791. The fraction of sp³-hybridized carbons (Fsp3) is 0.471. The topological polar surface area (TPSA) is 50.8 Å². The summed E-state index contributed by atoms with van der Waals surface area (Å²) in [5, 5.41) is 3.41. The maximum absolute atomic E-state index is 11.8. The second-order valence-corrected chi connectivity index (χ2v) is 6.20. The van der Waals surface area contributed by atoms with Crippen LogP contribution in [-0.4, -0.2) is 49.7 Å². The molecule has 2 fully saturated rings. The molecule has 2 saturated heterocycles. The fourth-order valence-electron chi connectivity index (χ4n) is 3.50. The molecule has 0 radical (unpaired) electrons. The van der Waals surface area contributed by atoms with E-state index in [-0.39, 0.29) is 12.1 Å². The zero-order valence-electron chi connectivity index (χ0n) is 12.5. The van der Waals surface area contributed by atoms with Crippen LogP contribution in [0.15, 0.2) is 30.5 Å². The minimum Gasteiger partial charge on any atom is -0.428 e. The third-order valence-electron chi connectivity index (χ3n) is 4.71. The fourth-order valence-corrected chi connectivity index (χ4v) is 3.50. The van der Waals surface area contributed by atoms with Crippen LogP contribution in [0.25, 0.3) is 0 Å². The Labute approximate surface area is 129 Å². The van der Waals surface area contributed by atoms with Gasteiger partial charge in [-0.05, 0) is 17.2 Å². The maximum atomic E-state index is 11.8. The average Bonchev–Trinajstić information content (AvgIpc) is 2.53. The van der Waals surface area contributed by atoms with Crippen LogP contribution in [0.5, 0.6) is 0 Å². The van der Waals surface area contributed by atoms with Crippen LogP contribution in [-0.2, 0) is 15.9 Å². The first-order chi connectivity index (χ1) is 10.7. The summed E-state index contributed by atoms with van der Waals surface area (Å²) < 4.78 is 11.1. The van der Waals surface area contributed by atoms with Gasteiger partial charge in [-0.15, -0.1) is 0 Å². The first kappa shape index (κ1) is 13.9. The third-order valence-corrected chi connectivity index (χ3v) is 4.71. The van der Waals surface area contributed by atoms with Crippen LogP contribution in [0.3, 0.4) is 0 Å². The number of hydrogen-bond acceptors (Lipinski definition) is 5.